The quantitative estimate of drug-likeness (QED) is 0.777. The van der Waals surface area contributed by atoms with Gasteiger partial charge >= 0.3 is 11.8 Å². The van der Waals surface area contributed by atoms with Crippen molar-refractivity contribution in [3.63, 3.8) is 0 Å². The van der Waals surface area contributed by atoms with E-state index in [2.05, 4.69) is 21.2 Å². The minimum Gasteiger partial charge on any atom is -0.346 e. The molecule has 1 N–H and O–H groups in total. The summed E-state index contributed by atoms with van der Waals surface area (Å²) in [6.07, 6.45) is 0. The highest BCUT2D eigenvalue weighted by molar-refractivity contribution is 9.11. The van der Waals surface area contributed by atoms with Crippen LogP contribution in [-0.4, -0.2) is 59.7 Å². The maximum absolute atomic E-state index is 12.3. The van der Waals surface area contributed by atoms with Gasteiger partial charge in [-0.25, -0.2) is 0 Å². The molecule has 1 aromatic rings. The van der Waals surface area contributed by atoms with Crippen molar-refractivity contribution in [1.82, 2.24) is 15.1 Å². The normalized spacial score (nSPS) is 15.1. The molecule has 2 rings (SSSR count). The summed E-state index contributed by atoms with van der Waals surface area (Å²) in [5, 5.41) is 2.59. The molecule has 0 saturated carbocycles. The number of rotatable bonds is 2. The summed E-state index contributed by atoms with van der Waals surface area (Å²) in [4.78, 5) is 39.9. The Morgan fingerprint density at radius 2 is 1.73 bits per heavy atom. The second-order valence-electron chi connectivity index (χ2n) is 5.32. The van der Waals surface area contributed by atoms with Crippen molar-refractivity contribution in [3.8, 4) is 0 Å². The second-order valence-corrected chi connectivity index (χ2v) is 7.78. The lowest BCUT2D eigenvalue weighted by Gasteiger charge is -2.34. The molecule has 3 amide bonds. The first kappa shape index (κ1) is 17.0. The van der Waals surface area contributed by atoms with Crippen LogP contribution >= 0.6 is 27.3 Å². The molecule has 1 fully saturated rings. The van der Waals surface area contributed by atoms with Crippen molar-refractivity contribution >= 4 is 45.0 Å². The lowest BCUT2D eigenvalue weighted by atomic mass is 10.2. The topological polar surface area (TPSA) is 69.7 Å². The van der Waals surface area contributed by atoms with Crippen molar-refractivity contribution in [2.24, 2.45) is 0 Å². The van der Waals surface area contributed by atoms with Gasteiger partial charge in [-0.3, -0.25) is 14.4 Å². The standard InChI is InChI=1S/C14H18BrN3O3S/c1-9(2)16-12(19)14(21)18-7-5-17(6-8-18)13(20)10-3-4-11(15)22-10/h3-4,9H,5-8H2,1-2H3,(H,16,19). The fourth-order valence-corrected chi connectivity index (χ4v) is 3.52. The number of halogens is 1. The molecule has 0 aromatic carbocycles. The Kier molecular flexibility index (Phi) is 5.57. The van der Waals surface area contributed by atoms with Gasteiger partial charge in [0.25, 0.3) is 5.91 Å². The van der Waals surface area contributed by atoms with Crippen molar-refractivity contribution in [2.75, 3.05) is 26.2 Å². The summed E-state index contributed by atoms with van der Waals surface area (Å²) in [6.45, 7) is 5.25. The molecule has 1 aliphatic rings. The predicted molar refractivity (Wildman–Crippen MR) is 87.8 cm³/mol. The molecule has 1 saturated heterocycles. The fourth-order valence-electron chi connectivity index (χ4n) is 2.17. The molecule has 0 aliphatic carbocycles. The summed E-state index contributed by atoms with van der Waals surface area (Å²) in [5.74, 6) is -1.15. The van der Waals surface area contributed by atoms with Crippen LogP contribution in [0.2, 0.25) is 0 Å². The maximum atomic E-state index is 12.3. The molecule has 0 radical (unpaired) electrons. The predicted octanol–water partition coefficient (Wildman–Crippen LogP) is 1.32. The largest absolute Gasteiger partial charge is 0.346 e. The van der Waals surface area contributed by atoms with Crippen molar-refractivity contribution in [3.05, 3.63) is 20.8 Å². The average molecular weight is 388 g/mol. The van der Waals surface area contributed by atoms with E-state index in [4.69, 9.17) is 0 Å². The molecule has 120 valence electrons. The van der Waals surface area contributed by atoms with Crippen molar-refractivity contribution in [2.45, 2.75) is 19.9 Å². The molecule has 22 heavy (non-hydrogen) atoms. The molecule has 2 heterocycles. The van der Waals surface area contributed by atoms with E-state index in [9.17, 15) is 14.4 Å². The first-order chi connectivity index (χ1) is 10.4. The van der Waals surface area contributed by atoms with Gasteiger partial charge in [-0.15, -0.1) is 11.3 Å². The molecule has 0 unspecified atom stereocenters. The number of hydrogen-bond donors (Lipinski definition) is 1. The third-order valence-corrected chi connectivity index (χ3v) is 4.86. The van der Waals surface area contributed by atoms with Gasteiger partial charge in [0.15, 0.2) is 0 Å². The average Bonchev–Trinajstić information content (AvgIpc) is 2.91. The SMILES string of the molecule is CC(C)NC(=O)C(=O)N1CCN(C(=O)c2ccc(Br)s2)CC1. The number of carbonyl (C=O) groups is 3. The molecular formula is C14H18BrN3O3S. The highest BCUT2D eigenvalue weighted by atomic mass is 79.9. The van der Waals surface area contributed by atoms with Crippen LogP contribution in [0.15, 0.2) is 15.9 Å². The van der Waals surface area contributed by atoms with Gasteiger partial charge in [-0.05, 0) is 41.9 Å². The van der Waals surface area contributed by atoms with Gasteiger partial charge in [0.2, 0.25) is 0 Å². The third-order valence-electron chi connectivity index (χ3n) is 3.25. The van der Waals surface area contributed by atoms with E-state index in [-0.39, 0.29) is 11.9 Å². The van der Waals surface area contributed by atoms with Crippen molar-refractivity contribution in [1.29, 1.82) is 0 Å². The zero-order valence-electron chi connectivity index (χ0n) is 12.5. The number of nitrogens with one attached hydrogen (secondary N) is 1. The first-order valence-corrected chi connectivity index (χ1v) is 8.64. The van der Waals surface area contributed by atoms with E-state index in [0.717, 1.165) is 3.79 Å². The van der Waals surface area contributed by atoms with Crippen LogP contribution in [0.5, 0.6) is 0 Å². The van der Waals surface area contributed by atoms with Gasteiger partial charge in [0, 0.05) is 32.2 Å². The highest BCUT2D eigenvalue weighted by Crippen LogP contribution is 2.23. The van der Waals surface area contributed by atoms with Gasteiger partial charge < -0.3 is 15.1 Å². The zero-order valence-corrected chi connectivity index (χ0v) is 14.9. The minimum atomic E-state index is -0.586. The molecular weight excluding hydrogens is 370 g/mol. The number of hydrogen-bond acceptors (Lipinski definition) is 4. The molecule has 0 bridgehead atoms. The molecule has 1 aromatic heterocycles. The summed E-state index contributed by atoms with van der Waals surface area (Å²) in [7, 11) is 0. The molecule has 6 nitrogen and oxygen atoms in total. The van der Waals surface area contributed by atoms with E-state index in [1.54, 1.807) is 24.8 Å². The number of carbonyl (C=O) groups excluding carboxylic acids is 3. The van der Waals surface area contributed by atoms with Crippen LogP contribution in [0.4, 0.5) is 0 Å². The Bertz CT molecular complexity index is 580. The van der Waals surface area contributed by atoms with Crippen LogP contribution in [0.1, 0.15) is 23.5 Å². The van der Waals surface area contributed by atoms with Crippen LogP contribution in [-0.2, 0) is 9.59 Å². The zero-order chi connectivity index (χ0) is 16.3. The Morgan fingerprint density at radius 3 is 2.23 bits per heavy atom. The summed E-state index contributed by atoms with van der Waals surface area (Å²) in [6, 6.07) is 3.55. The van der Waals surface area contributed by atoms with Crippen LogP contribution in [0, 0.1) is 0 Å². The van der Waals surface area contributed by atoms with Gasteiger partial charge in [-0.1, -0.05) is 0 Å². The fraction of sp³-hybridized carbons (Fsp3) is 0.500. The Morgan fingerprint density at radius 1 is 1.14 bits per heavy atom. The lowest BCUT2D eigenvalue weighted by molar-refractivity contribution is -0.147. The number of amides is 3. The van der Waals surface area contributed by atoms with Crippen molar-refractivity contribution < 1.29 is 14.4 Å². The van der Waals surface area contributed by atoms with E-state index in [0.29, 0.717) is 31.1 Å². The molecule has 0 spiro atoms. The molecule has 8 heteroatoms. The second kappa shape index (κ2) is 7.23. The summed E-state index contributed by atoms with van der Waals surface area (Å²) in [5.41, 5.74) is 0. The Labute approximate surface area is 141 Å². The maximum Gasteiger partial charge on any atom is 0.312 e. The third kappa shape index (κ3) is 4.07. The van der Waals surface area contributed by atoms with E-state index in [1.165, 1.54) is 16.2 Å². The first-order valence-electron chi connectivity index (χ1n) is 7.03. The van der Waals surface area contributed by atoms with Gasteiger partial charge in [-0.2, -0.15) is 0 Å². The van der Waals surface area contributed by atoms with Gasteiger partial charge in [0.05, 0.1) is 8.66 Å². The van der Waals surface area contributed by atoms with Crippen LogP contribution in [0.3, 0.4) is 0 Å². The highest BCUT2D eigenvalue weighted by Gasteiger charge is 2.28. The molecule has 1 aliphatic heterocycles. The number of nitrogens with zero attached hydrogens (tertiary/aromatic N) is 2. The lowest BCUT2D eigenvalue weighted by Crippen LogP contribution is -2.54. The molecule has 0 atom stereocenters. The Hall–Kier alpha value is -1.41. The smallest absolute Gasteiger partial charge is 0.312 e. The summed E-state index contributed by atoms with van der Waals surface area (Å²) < 4.78 is 0.912. The van der Waals surface area contributed by atoms with Gasteiger partial charge in [0.1, 0.15) is 0 Å². The number of piperazine rings is 1. The minimum absolute atomic E-state index is 0.0329. The monoisotopic (exact) mass is 387 g/mol. The summed E-state index contributed by atoms with van der Waals surface area (Å²) >= 11 is 4.73. The Balaban J connectivity index is 1.89. The number of thiophene rings is 1. The van der Waals surface area contributed by atoms with E-state index in [1.807, 2.05) is 6.07 Å². The van der Waals surface area contributed by atoms with E-state index < -0.39 is 11.8 Å². The van der Waals surface area contributed by atoms with Crippen LogP contribution in [0.25, 0.3) is 0 Å². The van der Waals surface area contributed by atoms with Crippen LogP contribution < -0.4 is 5.32 Å². The van der Waals surface area contributed by atoms with E-state index >= 15 is 0 Å².